The first-order chi connectivity index (χ1) is 10.8. The third-order valence-electron chi connectivity index (χ3n) is 3.57. The summed E-state index contributed by atoms with van der Waals surface area (Å²) in [6.07, 6.45) is 0. The number of amides is 1. The minimum atomic E-state index is -0.369. The summed E-state index contributed by atoms with van der Waals surface area (Å²) in [5.41, 5.74) is 7.31. The highest BCUT2D eigenvalue weighted by Crippen LogP contribution is 2.38. The molecule has 3 rings (SSSR count). The maximum absolute atomic E-state index is 11.8. The van der Waals surface area contributed by atoms with Gasteiger partial charge < -0.3 is 10.6 Å². The average molecular weight is 330 g/mol. The minimum Gasteiger partial charge on any atom is -0.369 e. The molecule has 0 aliphatic carbocycles. The number of thioether (sulfide) groups is 1. The number of carbonyl (C=O) groups is 1. The van der Waals surface area contributed by atoms with Gasteiger partial charge in [0, 0.05) is 34.4 Å². The predicted molar refractivity (Wildman–Crippen MR) is 95.1 cm³/mol. The molecule has 0 bridgehead atoms. The van der Waals surface area contributed by atoms with Gasteiger partial charge in [0.2, 0.25) is 5.91 Å². The van der Waals surface area contributed by atoms with Crippen molar-refractivity contribution in [2.75, 3.05) is 29.5 Å². The SMILES string of the molecule is NC(=O)c1cccc(N2CCSCC2)c1Sc1ccccc1. The van der Waals surface area contributed by atoms with E-state index in [2.05, 4.69) is 23.1 Å². The molecule has 3 nitrogen and oxygen atoms in total. The van der Waals surface area contributed by atoms with Crippen LogP contribution in [0.5, 0.6) is 0 Å². The molecule has 0 aromatic heterocycles. The van der Waals surface area contributed by atoms with Crippen LogP contribution in [-0.2, 0) is 0 Å². The van der Waals surface area contributed by atoms with E-state index in [9.17, 15) is 4.79 Å². The van der Waals surface area contributed by atoms with Crippen molar-refractivity contribution in [2.45, 2.75) is 9.79 Å². The molecule has 2 aromatic rings. The van der Waals surface area contributed by atoms with Crippen LogP contribution in [0, 0.1) is 0 Å². The summed E-state index contributed by atoms with van der Waals surface area (Å²) in [5.74, 6) is 1.87. The quantitative estimate of drug-likeness (QED) is 0.932. The Bertz CT molecular complexity index is 655. The lowest BCUT2D eigenvalue weighted by atomic mass is 10.1. The Morgan fingerprint density at radius 1 is 1.05 bits per heavy atom. The number of anilines is 1. The van der Waals surface area contributed by atoms with Gasteiger partial charge in [-0.25, -0.2) is 0 Å². The summed E-state index contributed by atoms with van der Waals surface area (Å²) in [7, 11) is 0. The highest BCUT2D eigenvalue weighted by molar-refractivity contribution is 7.99. The molecular formula is C17H18N2OS2. The average Bonchev–Trinajstić information content (AvgIpc) is 2.56. The normalized spacial score (nSPS) is 14.8. The fourth-order valence-corrected chi connectivity index (χ4v) is 4.50. The lowest BCUT2D eigenvalue weighted by molar-refractivity contribution is 0.0997. The number of nitrogens with two attached hydrogens (primary N) is 1. The van der Waals surface area contributed by atoms with Crippen molar-refractivity contribution in [2.24, 2.45) is 5.73 Å². The summed E-state index contributed by atoms with van der Waals surface area (Å²) < 4.78 is 0. The topological polar surface area (TPSA) is 46.3 Å². The lowest BCUT2D eigenvalue weighted by Gasteiger charge is -2.30. The molecule has 5 heteroatoms. The monoisotopic (exact) mass is 330 g/mol. The van der Waals surface area contributed by atoms with Crippen molar-refractivity contribution >= 4 is 35.1 Å². The van der Waals surface area contributed by atoms with Crippen molar-refractivity contribution in [3.63, 3.8) is 0 Å². The first-order valence-corrected chi connectivity index (χ1v) is 9.21. The standard InChI is InChI=1S/C17H18N2OS2/c18-17(20)14-7-4-8-15(19-9-11-21-12-10-19)16(14)22-13-5-2-1-3-6-13/h1-8H,9-12H2,(H2,18,20). The highest BCUT2D eigenvalue weighted by Gasteiger charge is 2.19. The van der Waals surface area contributed by atoms with Gasteiger partial charge in [-0.15, -0.1) is 0 Å². The van der Waals surface area contributed by atoms with Gasteiger partial charge in [0.05, 0.1) is 11.3 Å². The van der Waals surface area contributed by atoms with Crippen LogP contribution >= 0.6 is 23.5 Å². The smallest absolute Gasteiger partial charge is 0.249 e. The molecule has 0 spiro atoms. The molecule has 1 aliphatic rings. The highest BCUT2D eigenvalue weighted by atomic mass is 32.2. The lowest BCUT2D eigenvalue weighted by Crippen LogP contribution is -2.33. The number of hydrogen-bond donors (Lipinski definition) is 1. The number of benzene rings is 2. The van der Waals surface area contributed by atoms with Gasteiger partial charge in [0.25, 0.3) is 0 Å². The van der Waals surface area contributed by atoms with Gasteiger partial charge in [-0.05, 0) is 24.3 Å². The van der Waals surface area contributed by atoms with Gasteiger partial charge >= 0.3 is 0 Å². The van der Waals surface area contributed by atoms with E-state index in [-0.39, 0.29) is 5.91 Å². The van der Waals surface area contributed by atoms with Gasteiger partial charge in [0.1, 0.15) is 0 Å². The minimum absolute atomic E-state index is 0.369. The Balaban J connectivity index is 2.01. The van der Waals surface area contributed by atoms with Gasteiger partial charge in [-0.1, -0.05) is 36.0 Å². The van der Waals surface area contributed by atoms with Crippen molar-refractivity contribution in [3.05, 3.63) is 54.1 Å². The van der Waals surface area contributed by atoms with E-state index in [1.807, 2.05) is 42.1 Å². The van der Waals surface area contributed by atoms with Crippen LogP contribution < -0.4 is 10.6 Å². The summed E-state index contributed by atoms with van der Waals surface area (Å²) in [6.45, 7) is 2.02. The molecule has 0 unspecified atom stereocenters. The largest absolute Gasteiger partial charge is 0.369 e. The number of primary amides is 1. The molecule has 2 aromatic carbocycles. The van der Waals surface area contributed by atoms with Crippen molar-refractivity contribution in [1.29, 1.82) is 0 Å². The summed E-state index contributed by atoms with van der Waals surface area (Å²) in [5, 5.41) is 0. The molecule has 114 valence electrons. The van der Waals surface area contributed by atoms with Crippen LogP contribution in [0.1, 0.15) is 10.4 Å². The molecule has 0 atom stereocenters. The van der Waals surface area contributed by atoms with Crippen molar-refractivity contribution < 1.29 is 4.79 Å². The van der Waals surface area contributed by atoms with E-state index in [1.165, 1.54) is 0 Å². The summed E-state index contributed by atoms with van der Waals surface area (Å²) >= 11 is 3.59. The third kappa shape index (κ3) is 3.42. The van der Waals surface area contributed by atoms with Gasteiger partial charge in [0.15, 0.2) is 0 Å². The Kier molecular flexibility index (Phi) is 4.95. The molecule has 1 aliphatic heterocycles. The second-order valence-electron chi connectivity index (χ2n) is 5.03. The fraction of sp³-hybridized carbons (Fsp3) is 0.235. The Hall–Kier alpha value is -1.59. The van der Waals surface area contributed by atoms with E-state index in [4.69, 9.17) is 5.73 Å². The number of hydrogen-bond acceptors (Lipinski definition) is 4. The molecular weight excluding hydrogens is 312 g/mol. The zero-order valence-electron chi connectivity index (χ0n) is 12.2. The maximum atomic E-state index is 11.8. The molecule has 2 N–H and O–H groups in total. The molecule has 1 saturated heterocycles. The second kappa shape index (κ2) is 7.11. The van der Waals surface area contributed by atoms with Crippen molar-refractivity contribution in [3.8, 4) is 0 Å². The fourth-order valence-electron chi connectivity index (χ4n) is 2.49. The van der Waals surface area contributed by atoms with Crippen LogP contribution in [0.3, 0.4) is 0 Å². The Morgan fingerprint density at radius 2 is 1.77 bits per heavy atom. The first kappa shape index (κ1) is 15.3. The predicted octanol–water partition coefficient (Wildman–Crippen LogP) is 3.49. The number of carbonyl (C=O) groups excluding carboxylic acids is 1. The molecule has 22 heavy (non-hydrogen) atoms. The Labute approximate surface area is 139 Å². The maximum Gasteiger partial charge on any atom is 0.249 e. The molecule has 1 amide bonds. The molecule has 1 heterocycles. The van der Waals surface area contributed by atoms with E-state index in [1.54, 1.807) is 11.8 Å². The summed E-state index contributed by atoms with van der Waals surface area (Å²) in [6, 6.07) is 15.9. The van der Waals surface area contributed by atoms with Crippen LogP contribution in [0.2, 0.25) is 0 Å². The van der Waals surface area contributed by atoms with Crippen molar-refractivity contribution in [1.82, 2.24) is 0 Å². The number of rotatable bonds is 4. The Morgan fingerprint density at radius 3 is 2.45 bits per heavy atom. The molecule has 1 fully saturated rings. The van der Waals surface area contributed by atoms with E-state index in [0.717, 1.165) is 40.1 Å². The molecule has 0 saturated carbocycles. The van der Waals surface area contributed by atoms with E-state index >= 15 is 0 Å². The van der Waals surface area contributed by atoms with E-state index in [0.29, 0.717) is 5.56 Å². The van der Waals surface area contributed by atoms with Gasteiger partial charge in [-0.3, -0.25) is 4.79 Å². The third-order valence-corrected chi connectivity index (χ3v) is 5.66. The van der Waals surface area contributed by atoms with Gasteiger partial charge in [-0.2, -0.15) is 11.8 Å². The number of nitrogens with zero attached hydrogens (tertiary/aromatic N) is 1. The van der Waals surface area contributed by atoms with Crippen LogP contribution in [0.4, 0.5) is 5.69 Å². The molecule has 0 radical (unpaired) electrons. The first-order valence-electron chi connectivity index (χ1n) is 7.24. The van der Waals surface area contributed by atoms with Crippen LogP contribution in [-0.4, -0.2) is 30.5 Å². The second-order valence-corrected chi connectivity index (χ2v) is 7.34. The van der Waals surface area contributed by atoms with E-state index < -0.39 is 0 Å². The van der Waals surface area contributed by atoms with Crippen LogP contribution in [0.15, 0.2) is 58.3 Å². The zero-order chi connectivity index (χ0) is 15.4. The summed E-state index contributed by atoms with van der Waals surface area (Å²) in [4.78, 5) is 16.3. The zero-order valence-corrected chi connectivity index (χ0v) is 13.8. The van der Waals surface area contributed by atoms with Crippen LogP contribution in [0.25, 0.3) is 0 Å².